The maximum Gasteiger partial charge on any atom is 0.235 e. The third kappa shape index (κ3) is 4.03. The second-order valence-electron chi connectivity index (χ2n) is 11.2. The van der Waals surface area contributed by atoms with Gasteiger partial charge in [-0.1, -0.05) is 26.8 Å². The number of anilines is 1. The first-order valence-electron chi connectivity index (χ1n) is 11.5. The van der Waals surface area contributed by atoms with Gasteiger partial charge in [0.05, 0.1) is 11.1 Å². The van der Waals surface area contributed by atoms with Gasteiger partial charge in [-0.3, -0.25) is 4.79 Å². The highest BCUT2D eigenvalue weighted by atomic mass is 16.7. The van der Waals surface area contributed by atoms with Gasteiger partial charge in [0.15, 0.2) is 11.5 Å². The summed E-state index contributed by atoms with van der Waals surface area (Å²) in [5.41, 5.74) is 2.82. The van der Waals surface area contributed by atoms with Crippen LogP contribution < -0.4 is 19.5 Å². The van der Waals surface area contributed by atoms with Gasteiger partial charge in [-0.05, 0) is 63.4 Å². The Morgan fingerprint density at radius 1 is 1.03 bits per heavy atom. The molecule has 1 aliphatic heterocycles. The largest absolute Gasteiger partial charge is 0.486 e. The summed E-state index contributed by atoms with van der Waals surface area (Å²) < 4.78 is 17.2. The van der Waals surface area contributed by atoms with Crippen LogP contribution in [0.1, 0.15) is 68.5 Å². The van der Waals surface area contributed by atoms with Crippen molar-refractivity contribution < 1.29 is 21.9 Å². The lowest BCUT2D eigenvalue weighted by Crippen LogP contribution is -2.29. The van der Waals surface area contributed by atoms with E-state index in [-0.39, 0.29) is 21.0 Å². The summed E-state index contributed by atoms with van der Waals surface area (Å²) in [4.78, 5) is 17.1. The van der Waals surface area contributed by atoms with Crippen molar-refractivity contribution in [2.75, 3.05) is 12.1 Å². The number of hydrogen-bond acceptors (Lipinski definition) is 4. The average molecular weight is 453 g/mol. The van der Waals surface area contributed by atoms with Crippen LogP contribution in [0.2, 0.25) is 0 Å². The summed E-state index contributed by atoms with van der Waals surface area (Å²) in [5, 5.41) is 4.24. The van der Waals surface area contributed by atoms with Gasteiger partial charge >= 0.3 is 0 Å². The maximum absolute atomic E-state index is 13.6. The summed E-state index contributed by atoms with van der Waals surface area (Å²) in [6, 6.07) is 11.9. The molecule has 1 saturated carbocycles. The number of fused-ring (bicyclic) bond motifs is 2. The van der Waals surface area contributed by atoms with Gasteiger partial charge in [0.1, 0.15) is 11.4 Å². The van der Waals surface area contributed by atoms with E-state index in [2.05, 4.69) is 37.1 Å². The Labute approximate surface area is 197 Å². The molecule has 33 heavy (non-hydrogen) atoms. The number of hydrogen-bond donors (Lipinski definition) is 2. The highest BCUT2D eigenvalue weighted by Crippen LogP contribution is 2.51. The topological polar surface area (TPSA) is 72.6 Å². The first-order chi connectivity index (χ1) is 15.4. The molecule has 6 nitrogen and oxygen atoms in total. The fraction of sp³-hybridized carbons (Fsp3) is 0.444. The number of carbonyl (C=O) groups is 1. The third-order valence-corrected chi connectivity index (χ3v) is 6.30. The van der Waals surface area contributed by atoms with Crippen LogP contribution in [-0.2, 0) is 15.6 Å². The SMILES string of the molecule is CC(C)(C)Oc1cc2[nH]c(C(C)(C)C)cc2cc1NC(=O)C1(c2ccc3c(c2)OCO3)CC1.[HH].[HH]. The van der Waals surface area contributed by atoms with E-state index in [0.29, 0.717) is 17.2 Å². The summed E-state index contributed by atoms with van der Waals surface area (Å²) in [6.45, 7) is 12.8. The number of ether oxygens (including phenoxy) is 3. The number of aromatic amines is 1. The molecule has 2 aliphatic rings. The number of rotatable bonds is 4. The first kappa shape index (κ1) is 21.7. The summed E-state index contributed by atoms with van der Waals surface area (Å²) >= 11 is 0. The molecular formula is C27H36N2O4. The predicted octanol–water partition coefficient (Wildman–Crippen LogP) is 6.53. The van der Waals surface area contributed by atoms with E-state index < -0.39 is 11.0 Å². The molecule has 0 bridgehead atoms. The van der Waals surface area contributed by atoms with E-state index in [1.165, 1.54) is 0 Å². The van der Waals surface area contributed by atoms with E-state index in [1.807, 2.05) is 51.1 Å². The first-order valence-corrected chi connectivity index (χ1v) is 11.5. The normalized spacial score (nSPS) is 16.7. The van der Waals surface area contributed by atoms with Crippen molar-refractivity contribution in [3.8, 4) is 17.2 Å². The quantitative estimate of drug-likeness (QED) is 0.472. The molecule has 0 unspecified atom stereocenters. The molecule has 3 aromatic rings. The van der Waals surface area contributed by atoms with Gasteiger partial charge in [0, 0.05) is 30.9 Å². The molecule has 5 rings (SSSR count). The number of benzene rings is 2. The number of carbonyl (C=O) groups excluding carboxylic acids is 1. The van der Waals surface area contributed by atoms with Crippen LogP contribution in [0.4, 0.5) is 5.69 Å². The van der Waals surface area contributed by atoms with Crippen LogP contribution in [0.3, 0.4) is 0 Å². The summed E-state index contributed by atoms with van der Waals surface area (Å²) in [6.07, 6.45) is 1.60. The zero-order valence-corrected chi connectivity index (χ0v) is 20.2. The van der Waals surface area contributed by atoms with Gasteiger partial charge in [-0.15, -0.1) is 0 Å². The van der Waals surface area contributed by atoms with Gasteiger partial charge in [0.2, 0.25) is 12.7 Å². The fourth-order valence-corrected chi connectivity index (χ4v) is 4.28. The van der Waals surface area contributed by atoms with Gasteiger partial charge in [-0.2, -0.15) is 0 Å². The van der Waals surface area contributed by atoms with Crippen molar-refractivity contribution in [1.29, 1.82) is 0 Å². The molecule has 1 aliphatic carbocycles. The van der Waals surface area contributed by atoms with Crippen molar-refractivity contribution in [2.24, 2.45) is 0 Å². The molecule has 1 aromatic heterocycles. The molecule has 0 atom stereocenters. The van der Waals surface area contributed by atoms with E-state index in [0.717, 1.165) is 40.8 Å². The molecular weight excluding hydrogens is 416 g/mol. The molecule has 1 amide bonds. The summed E-state index contributed by atoms with van der Waals surface area (Å²) in [7, 11) is 0. The lowest BCUT2D eigenvalue weighted by Gasteiger charge is -2.24. The van der Waals surface area contributed by atoms with Crippen molar-refractivity contribution in [2.45, 2.75) is 70.8 Å². The minimum atomic E-state index is -0.552. The van der Waals surface area contributed by atoms with Crippen LogP contribution >= 0.6 is 0 Å². The number of nitrogens with one attached hydrogen (secondary N) is 2. The van der Waals surface area contributed by atoms with E-state index in [9.17, 15) is 4.79 Å². The lowest BCUT2D eigenvalue weighted by atomic mass is 9.92. The van der Waals surface area contributed by atoms with Gasteiger partial charge < -0.3 is 24.5 Å². The summed E-state index contributed by atoms with van der Waals surface area (Å²) in [5.74, 6) is 2.06. The molecule has 6 heteroatoms. The van der Waals surface area contributed by atoms with Crippen LogP contribution in [0.5, 0.6) is 17.2 Å². The Morgan fingerprint density at radius 2 is 1.76 bits per heavy atom. The Kier molecular flexibility index (Phi) is 4.71. The Balaban J connectivity index is 0.00000171. The highest BCUT2D eigenvalue weighted by Gasteiger charge is 2.52. The van der Waals surface area contributed by atoms with E-state index >= 15 is 0 Å². The standard InChI is InChI=1S/C27H32N2O4.2H2/c1-25(2,3)23-12-16-11-19(21(14-18(16)28-23)33-26(4,5)6)29-24(30)27(9-10-27)17-7-8-20-22(13-17)32-15-31-20;;/h7-8,11-14,28H,9-10,15H2,1-6H3,(H,29,30);2*1H. The minimum absolute atomic E-state index is 0. The van der Waals surface area contributed by atoms with Crippen molar-refractivity contribution in [1.82, 2.24) is 4.98 Å². The number of H-pyrrole nitrogens is 1. The Bertz CT molecular complexity index is 1250. The second-order valence-corrected chi connectivity index (χ2v) is 11.2. The zero-order chi connectivity index (χ0) is 23.6. The second kappa shape index (κ2) is 7.17. The molecule has 2 aromatic carbocycles. The van der Waals surface area contributed by atoms with Crippen LogP contribution in [0, 0.1) is 0 Å². The lowest BCUT2D eigenvalue weighted by molar-refractivity contribution is -0.118. The Hall–Kier alpha value is -3.15. The van der Waals surface area contributed by atoms with Crippen LogP contribution in [0.15, 0.2) is 36.4 Å². The fourth-order valence-electron chi connectivity index (χ4n) is 4.28. The van der Waals surface area contributed by atoms with Crippen LogP contribution in [0.25, 0.3) is 10.9 Å². The van der Waals surface area contributed by atoms with Crippen molar-refractivity contribution >= 4 is 22.5 Å². The molecule has 0 spiro atoms. The molecule has 2 heterocycles. The molecule has 178 valence electrons. The third-order valence-electron chi connectivity index (χ3n) is 6.30. The van der Waals surface area contributed by atoms with Gasteiger partial charge in [0.25, 0.3) is 0 Å². The van der Waals surface area contributed by atoms with Crippen molar-refractivity contribution in [3.05, 3.63) is 47.7 Å². The zero-order valence-electron chi connectivity index (χ0n) is 20.2. The van der Waals surface area contributed by atoms with E-state index in [4.69, 9.17) is 14.2 Å². The highest BCUT2D eigenvalue weighted by molar-refractivity contribution is 6.04. The number of amides is 1. The molecule has 1 fully saturated rings. The predicted molar refractivity (Wildman–Crippen MR) is 134 cm³/mol. The maximum atomic E-state index is 13.6. The minimum Gasteiger partial charge on any atom is -0.486 e. The van der Waals surface area contributed by atoms with Gasteiger partial charge in [-0.25, -0.2) is 0 Å². The molecule has 0 radical (unpaired) electrons. The molecule has 0 saturated heterocycles. The van der Waals surface area contributed by atoms with Crippen molar-refractivity contribution in [3.63, 3.8) is 0 Å². The molecule has 2 N–H and O–H groups in total. The Morgan fingerprint density at radius 3 is 2.42 bits per heavy atom. The average Bonchev–Trinajstić information content (AvgIpc) is 3.20. The smallest absolute Gasteiger partial charge is 0.235 e. The monoisotopic (exact) mass is 452 g/mol. The van der Waals surface area contributed by atoms with E-state index in [1.54, 1.807) is 0 Å². The van der Waals surface area contributed by atoms with Crippen LogP contribution in [-0.4, -0.2) is 23.3 Å². The number of aromatic nitrogens is 1.